The van der Waals surface area contributed by atoms with Crippen molar-refractivity contribution in [1.82, 2.24) is 4.90 Å². The van der Waals surface area contributed by atoms with Crippen LogP contribution in [0.15, 0.2) is 0 Å². The third-order valence-electron chi connectivity index (χ3n) is 3.79. The number of carbonyl (C=O) groups is 1. The molecule has 3 nitrogen and oxygen atoms in total. The molecule has 0 aromatic rings. The molecule has 2 N–H and O–H groups in total. The zero-order valence-electron chi connectivity index (χ0n) is 9.12. The maximum absolute atomic E-state index is 11.9. The van der Waals surface area contributed by atoms with E-state index >= 15 is 0 Å². The number of hydrogen-bond acceptors (Lipinski definition) is 2. The molecule has 1 saturated heterocycles. The molecule has 1 aliphatic carbocycles. The molecule has 0 aromatic carbocycles. The van der Waals surface area contributed by atoms with Crippen molar-refractivity contribution in [1.29, 1.82) is 0 Å². The van der Waals surface area contributed by atoms with E-state index in [9.17, 15) is 4.79 Å². The van der Waals surface area contributed by atoms with Crippen LogP contribution in [-0.2, 0) is 4.79 Å². The van der Waals surface area contributed by atoms with Crippen LogP contribution in [0.2, 0.25) is 0 Å². The molecule has 1 atom stereocenters. The molecule has 1 aliphatic heterocycles. The molecule has 0 aromatic heterocycles. The third kappa shape index (κ3) is 1.54. The minimum absolute atomic E-state index is 0.0966. The zero-order valence-corrected chi connectivity index (χ0v) is 9.12. The first-order valence-electron chi connectivity index (χ1n) is 5.55. The van der Waals surface area contributed by atoms with E-state index in [2.05, 4.69) is 13.8 Å². The number of likely N-dealkylation sites (tertiary alicyclic amines) is 1. The number of nitrogens with two attached hydrogens (primary N) is 1. The summed E-state index contributed by atoms with van der Waals surface area (Å²) in [6.45, 7) is 5.88. The van der Waals surface area contributed by atoms with Gasteiger partial charge in [0.2, 0.25) is 5.91 Å². The van der Waals surface area contributed by atoms with Crippen LogP contribution in [0.5, 0.6) is 0 Å². The number of rotatable bonds is 1. The molecule has 1 amide bonds. The molecule has 3 heteroatoms. The Morgan fingerprint density at radius 1 is 1.43 bits per heavy atom. The highest BCUT2D eigenvalue weighted by atomic mass is 16.2. The van der Waals surface area contributed by atoms with E-state index < -0.39 is 0 Å². The van der Waals surface area contributed by atoms with Crippen LogP contribution < -0.4 is 5.73 Å². The first kappa shape index (κ1) is 9.97. The Hall–Kier alpha value is -0.570. The minimum atomic E-state index is 0.0966. The quantitative estimate of drug-likeness (QED) is 0.679. The van der Waals surface area contributed by atoms with Gasteiger partial charge in [-0.25, -0.2) is 0 Å². The number of carbonyl (C=O) groups excluding carboxylic acids is 1. The Balaban J connectivity index is 1.97. The van der Waals surface area contributed by atoms with Crippen molar-refractivity contribution in [3.63, 3.8) is 0 Å². The monoisotopic (exact) mass is 196 g/mol. The summed E-state index contributed by atoms with van der Waals surface area (Å²) < 4.78 is 0. The summed E-state index contributed by atoms with van der Waals surface area (Å²) >= 11 is 0. The summed E-state index contributed by atoms with van der Waals surface area (Å²) in [6, 6.07) is 0.145. The van der Waals surface area contributed by atoms with Gasteiger partial charge >= 0.3 is 0 Å². The topological polar surface area (TPSA) is 46.3 Å². The maximum Gasteiger partial charge on any atom is 0.225 e. The lowest BCUT2D eigenvalue weighted by Crippen LogP contribution is -2.38. The Morgan fingerprint density at radius 3 is 2.43 bits per heavy atom. The average Bonchev–Trinajstić information content (AvgIpc) is 2.23. The SMILES string of the molecule is CC1(C)CN(C(=O)C2CCC2)CC1N. The second-order valence-corrected chi connectivity index (χ2v) is 5.44. The van der Waals surface area contributed by atoms with Crippen LogP contribution in [0, 0.1) is 11.3 Å². The van der Waals surface area contributed by atoms with E-state index in [1.54, 1.807) is 0 Å². The lowest BCUT2D eigenvalue weighted by molar-refractivity contribution is -0.137. The highest BCUT2D eigenvalue weighted by molar-refractivity contribution is 5.80. The first-order valence-corrected chi connectivity index (χ1v) is 5.55. The van der Waals surface area contributed by atoms with Crippen molar-refractivity contribution < 1.29 is 4.79 Å². The Morgan fingerprint density at radius 2 is 2.07 bits per heavy atom. The molecule has 1 heterocycles. The Bertz CT molecular complexity index is 246. The summed E-state index contributed by atoms with van der Waals surface area (Å²) in [4.78, 5) is 13.9. The van der Waals surface area contributed by atoms with Crippen LogP contribution in [0.4, 0.5) is 0 Å². The van der Waals surface area contributed by atoms with E-state index in [0.717, 1.165) is 25.9 Å². The number of amides is 1. The molecule has 80 valence electrons. The lowest BCUT2D eigenvalue weighted by Gasteiger charge is -2.29. The van der Waals surface area contributed by atoms with Gasteiger partial charge in [-0.1, -0.05) is 20.3 Å². The van der Waals surface area contributed by atoms with Gasteiger partial charge in [-0.15, -0.1) is 0 Å². The fourth-order valence-corrected chi connectivity index (χ4v) is 2.24. The maximum atomic E-state index is 11.9. The molecule has 1 saturated carbocycles. The van der Waals surface area contributed by atoms with Gasteiger partial charge in [-0.2, -0.15) is 0 Å². The summed E-state index contributed by atoms with van der Waals surface area (Å²) in [5.41, 5.74) is 6.10. The van der Waals surface area contributed by atoms with Gasteiger partial charge in [0.1, 0.15) is 0 Å². The van der Waals surface area contributed by atoms with E-state index in [4.69, 9.17) is 5.73 Å². The third-order valence-corrected chi connectivity index (χ3v) is 3.79. The van der Waals surface area contributed by atoms with Gasteiger partial charge < -0.3 is 10.6 Å². The van der Waals surface area contributed by atoms with Gasteiger partial charge in [-0.3, -0.25) is 4.79 Å². The van der Waals surface area contributed by atoms with Gasteiger partial charge in [0.15, 0.2) is 0 Å². The van der Waals surface area contributed by atoms with Gasteiger partial charge in [-0.05, 0) is 18.3 Å². The van der Waals surface area contributed by atoms with Crippen LogP contribution in [0.25, 0.3) is 0 Å². The fraction of sp³-hybridized carbons (Fsp3) is 0.909. The first-order chi connectivity index (χ1) is 6.50. The van der Waals surface area contributed by atoms with Crippen LogP contribution in [0.3, 0.4) is 0 Å². The lowest BCUT2D eigenvalue weighted by atomic mass is 9.84. The Kier molecular flexibility index (Phi) is 2.30. The second-order valence-electron chi connectivity index (χ2n) is 5.44. The summed E-state index contributed by atoms with van der Waals surface area (Å²) in [7, 11) is 0. The Labute approximate surface area is 85.6 Å². The van der Waals surface area contributed by atoms with E-state index in [1.807, 2.05) is 4.90 Å². The molecule has 14 heavy (non-hydrogen) atoms. The molecule has 0 radical (unpaired) electrons. The van der Waals surface area contributed by atoms with Crippen molar-refractivity contribution in [2.75, 3.05) is 13.1 Å². The summed E-state index contributed by atoms with van der Waals surface area (Å²) in [6.07, 6.45) is 3.40. The van der Waals surface area contributed by atoms with Crippen molar-refractivity contribution in [3.05, 3.63) is 0 Å². The molecule has 2 fully saturated rings. The fourth-order valence-electron chi connectivity index (χ4n) is 2.24. The molecular formula is C11H20N2O. The molecule has 2 rings (SSSR count). The average molecular weight is 196 g/mol. The number of nitrogens with zero attached hydrogens (tertiary/aromatic N) is 1. The van der Waals surface area contributed by atoms with E-state index in [1.165, 1.54) is 6.42 Å². The van der Waals surface area contributed by atoms with E-state index in [0.29, 0.717) is 11.8 Å². The zero-order chi connectivity index (χ0) is 10.3. The standard InChI is InChI=1S/C11H20N2O/c1-11(2)7-13(6-9(11)12)10(14)8-4-3-5-8/h8-9H,3-7,12H2,1-2H3. The largest absolute Gasteiger partial charge is 0.340 e. The highest BCUT2D eigenvalue weighted by Gasteiger charge is 2.41. The molecule has 2 aliphatic rings. The van der Waals surface area contributed by atoms with Crippen LogP contribution in [-0.4, -0.2) is 29.9 Å². The van der Waals surface area contributed by atoms with Crippen molar-refractivity contribution >= 4 is 5.91 Å². The molecule has 0 bridgehead atoms. The highest BCUT2D eigenvalue weighted by Crippen LogP contribution is 2.33. The van der Waals surface area contributed by atoms with E-state index in [-0.39, 0.29) is 11.5 Å². The van der Waals surface area contributed by atoms with Crippen molar-refractivity contribution in [2.24, 2.45) is 17.1 Å². The number of hydrogen-bond donors (Lipinski definition) is 1. The summed E-state index contributed by atoms with van der Waals surface area (Å²) in [5.74, 6) is 0.661. The normalized spacial score (nSPS) is 31.6. The van der Waals surface area contributed by atoms with Gasteiger partial charge in [0, 0.05) is 25.0 Å². The minimum Gasteiger partial charge on any atom is -0.340 e. The predicted molar refractivity (Wildman–Crippen MR) is 55.7 cm³/mol. The smallest absolute Gasteiger partial charge is 0.225 e. The van der Waals surface area contributed by atoms with Gasteiger partial charge in [0.25, 0.3) is 0 Å². The van der Waals surface area contributed by atoms with Crippen molar-refractivity contribution in [3.8, 4) is 0 Å². The molecular weight excluding hydrogens is 176 g/mol. The van der Waals surface area contributed by atoms with Crippen LogP contribution in [0.1, 0.15) is 33.1 Å². The van der Waals surface area contributed by atoms with Crippen LogP contribution >= 0.6 is 0 Å². The van der Waals surface area contributed by atoms with Crippen molar-refractivity contribution in [2.45, 2.75) is 39.2 Å². The molecule has 0 spiro atoms. The molecule has 1 unspecified atom stereocenters. The summed E-state index contributed by atoms with van der Waals surface area (Å²) in [5, 5.41) is 0. The van der Waals surface area contributed by atoms with Gasteiger partial charge in [0.05, 0.1) is 0 Å². The predicted octanol–water partition coefficient (Wildman–Crippen LogP) is 0.982. The second kappa shape index (κ2) is 3.23.